The molecule has 0 aliphatic carbocycles. The summed E-state index contributed by atoms with van der Waals surface area (Å²) in [5.74, 6) is 0.351. The molecule has 3 atom stereocenters. The lowest BCUT2D eigenvalue weighted by molar-refractivity contribution is -0.0336. The van der Waals surface area contributed by atoms with Gasteiger partial charge in [0.2, 0.25) is 5.56 Å². The number of nitrogens with one attached hydrogen (secondary N) is 4. The van der Waals surface area contributed by atoms with Gasteiger partial charge in [0.05, 0.1) is 36.4 Å². The van der Waals surface area contributed by atoms with E-state index in [1.807, 2.05) is 54.6 Å². The maximum absolute atomic E-state index is 13.2. The number of rotatable bonds is 18. The first kappa shape index (κ1) is 43.6. The Labute approximate surface area is 368 Å². The number of phenolic OH excluding ortho intramolecular Hbond substituents is 1. The van der Waals surface area contributed by atoms with Crippen molar-refractivity contribution in [1.82, 2.24) is 31.0 Å². The summed E-state index contributed by atoms with van der Waals surface area (Å²) in [5.41, 5.74) is 3.45. The quantitative estimate of drug-likeness (QED) is 0.0465. The highest BCUT2D eigenvalue weighted by Gasteiger charge is 2.37. The van der Waals surface area contributed by atoms with Crippen molar-refractivity contribution in [2.45, 2.75) is 50.7 Å². The second kappa shape index (κ2) is 20.4. The Bertz CT molecular complexity index is 2610. The summed E-state index contributed by atoms with van der Waals surface area (Å²) < 4.78 is 22.8. The van der Waals surface area contributed by atoms with Gasteiger partial charge in [0.15, 0.2) is 11.5 Å². The molecule has 9 rings (SSSR count). The number of aromatic nitrogens is 2. The number of benzene rings is 4. The molecule has 16 heteroatoms. The van der Waals surface area contributed by atoms with Crippen LogP contribution >= 0.6 is 0 Å². The highest BCUT2D eigenvalue weighted by Crippen LogP contribution is 2.31. The molecule has 0 saturated carbocycles. The molecule has 2 aromatic heterocycles. The predicted molar refractivity (Wildman–Crippen MR) is 235 cm³/mol. The lowest BCUT2D eigenvalue weighted by Crippen LogP contribution is -2.52. The van der Waals surface area contributed by atoms with E-state index >= 15 is 0 Å². The lowest BCUT2D eigenvalue weighted by atomic mass is 9.86. The summed E-state index contributed by atoms with van der Waals surface area (Å²) >= 11 is 0. The monoisotopic (exact) mass is 870 g/mol. The third-order valence-corrected chi connectivity index (χ3v) is 11.6. The summed E-state index contributed by atoms with van der Waals surface area (Å²) in [4.78, 5) is 55.2. The van der Waals surface area contributed by atoms with E-state index < -0.39 is 30.1 Å². The van der Waals surface area contributed by atoms with Crippen molar-refractivity contribution in [3.8, 4) is 11.5 Å². The molecule has 3 saturated heterocycles. The zero-order valence-corrected chi connectivity index (χ0v) is 35.0. The zero-order chi connectivity index (χ0) is 44.4. The van der Waals surface area contributed by atoms with Crippen molar-refractivity contribution in [2.24, 2.45) is 5.92 Å². The standard InChI is InChI=1S/C48H50N6O10/c55-40-16-14-37(38-15-17-43(57)51-45(38)40)41(56)27-49-26-36-25-39(53-64-36)46(58)50-20-5-23-61-47(59)33-12-10-30(11-13-33)29-62-35-9-4-8-34(24-35)44(32-6-2-1-3-7-32)52-48(60)63-42-28-54-21-18-31(42)19-22-54/h1-4,6-17,24-25,31,41-42,44,49,55-56H,5,18-23,26-29H2,(H,50,58)(H,51,57)(H,52,60)/t41-,42-,44-/m0/s1. The number of carbonyl (C=O) groups excluding carboxylic acids is 3. The smallest absolute Gasteiger partial charge is 0.408 e. The van der Waals surface area contributed by atoms with Gasteiger partial charge in [0.25, 0.3) is 5.91 Å². The number of hydrogen-bond donors (Lipinski definition) is 6. The van der Waals surface area contributed by atoms with Gasteiger partial charge in [-0.1, -0.05) is 65.8 Å². The molecule has 0 unspecified atom stereocenters. The molecule has 16 nitrogen and oxygen atoms in total. The van der Waals surface area contributed by atoms with Gasteiger partial charge in [-0.25, -0.2) is 9.59 Å². The molecule has 4 aromatic carbocycles. The van der Waals surface area contributed by atoms with Gasteiger partial charge in [-0.2, -0.15) is 0 Å². The summed E-state index contributed by atoms with van der Waals surface area (Å²) in [6.45, 7) is 3.77. The molecule has 6 N–H and O–H groups in total. The van der Waals surface area contributed by atoms with E-state index in [0.717, 1.165) is 49.2 Å². The summed E-state index contributed by atoms with van der Waals surface area (Å²) in [6.07, 6.45) is 0.971. The molecule has 2 amide bonds. The fraction of sp³-hybridized carbons (Fsp3) is 0.312. The van der Waals surface area contributed by atoms with Crippen LogP contribution in [0.3, 0.4) is 0 Å². The first-order valence-corrected chi connectivity index (χ1v) is 21.4. The Balaban J connectivity index is 0.745. The Hall–Kier alpha value is -7.01. The molecule has 5 heterocycles. The van der Waals surface area contributed by atoms with Crippen LogP contribution in [0, 0.1) is 5.92 Å². The molecule has 0 radical (unpaired) electrons. The van der Waals surface area contributed by atoms with Crippen LogP contribution < -0.4 is 26.2 Å². The van der Waals surface area contributed by atoms with Crippen LogP contribution in [0.1, 0.15) is 80.3 Å². The Morgan fingerprint density at radius 1 is 0.922 bits per heavy atom. The lowest BCUT2D eigenvalue weighted by Gasteiger charge is -2.43. The zero-order valence-electron chi connectivity index (χ0n) is 35.0. The van der Waals surface area contributed by atoms with E-state index in [0.29, 0.717) is 40.4 Å². The fourth-order valence-electron chi connectivity index (χ4n) is 8.13. The molecule has 2 bridgehead atoms. The third kappa shape index (κ3) is 10.9. The topological polar surface area (TPSA) is 218 Å². The van der Waals surface area contributed by atoms with E-state index in [1.54, 1.807) is 36.4 Å². The minimum absolute atomic E-state index is 0.0737. The van der Waals surface area contributed by atoms with E-state index in [1.165, 1.54) is 18.2 Å². The fourth-order valence-corrected chi connectivity index (χ4v) is 8.13. The number of aliphatic hydroxyl groups is 1. The number of carbonyl (C=O) groups is 3. The largest absolute Gasteiger partial charge is 0.506 e. The van der Waals surface area contributed by atoms with Gasteiger partial charge in [-0.05, 0) is 96.9 Å². The van der Waals surface area contributed by atoms with Crippen molar-refractivity contribution in [1.29, 1.82) is 0 Å². The van der Waals surface area contributed by atoms with E-state index in [4.69, 9.17) is 18.7 Å². The first-order chi connectivity index (χ1) is 31.2. The summed E-state index contributed by atoms with van der Waals surface area (Å²) in [5, 5.41) is 34.1. The molecule has 3 aliphatic heterocycles. The number of H-pyrrole nitrogens is 1. The van der Waals surface area contributed by atoms with Crippen LogP contribution in [0.15, 0.2) is 119 Å². The average Bonchev–Trinajstić information content (AvgIpc) is 3.80. The molecule has 0 spiro atoms. The van der Waals surface area contributed by atoms with Gasteiger partial charge < -0.3 is 49.9 Å². The van der Waals surface area contributed by atoms with E-state index in [-0.39, 0.29) is 61.5 Å². The van der Waals surface area contributed by atoms with Crippen LogP contribution in [0.4, 0.5) is 4.79 Å². The highest BCUT2D eigenvalue weighted by atomic mass is 16.6. The average molecular weight is 871 g/mol. The second-order valence-corrected chi connectivity index (χ2v) is 16.0. The molecular weight excluding hydrogens is 821 g/mol. The predicted octanol–water partition coefficient (Wildman–Crippen LogP) is 5.51. The minimum Gasteiger partial charge on any atom is -0.506 e. The number of aromatic hydroxyl groups is 1. The summed E-state index contributed by atoms with van der Waals surface area (Å²) in [7, 11) is 0. The second-order valence-electron chi connectivity index (χ2n) is 16.0. The van der Waals surface area contributed by atoms with Crippen LogP contribution in [0.25, 0.3) is 10.9 Å². The van der Waals surface area contributed by atoms with Crippen molar-refractivity contribution in [3.63, 3.8) is 0 Å². The number of esters is 1. The molecule has 3 aliphatic rings. The van der Waals surface area contributed by atoms with Crippen molar-refractivity contribution in [3.05, 3.63) is 159 Å². The minimum atomic E-state index is -0.966. The van der Waals surface area contributed by atoms with Crippen molar-refractivity contribution >= 4 is 28.9 Å². The number of aromatic amines is 1. The van der Waals surface area contributed by atoms with Gasteiger partial charge in [-0.3, -0.25) is 14.5 Å². The highest BCUT2D eigenvalue weighted by molar-refractivity contribution is 5.92. The maximum atomic E-state index is 13.2. The summed E-state index contributed by atoms with van der Waals surface area (Å²) in [6, 6.07) is 31.2. The Kier molecular flexibility index (Phi) is 13.9. The number of aliphatic hydroxyl groups excluding tert-OH is 1. The number of alkyl carbamates (subject to hydrolysis) is 1. The van der Waals surface area contributed by atoms with E-state index in [2.05, 4.69) is 31.0 Å². The SMILES string of the molecule is O=C(N[C@@H](c1ccccc1)c1cccc(OCc2ccc(C(=O)OCCCNC(=O)c3cc(CNC[C@H](O)c4ccc(O)c5[nH]c(=O)ccc45)on3)cc2)c1)O[C@H]1CN2CCC1CC2. The first-order valence-electron chi connectivity index (χ1n) is 21.4. The number of pyridine rings is 1. The van der Waals surface area contributed by atoms with Gasteiger partial charge in [0, 0.05) is 37.2 Å². The number of hydrogen-bond acceptors (Lipinski definition) is 13. The number of fused-ring (bicyclic) bond motifs is 4. The normalized spacial score (nSPS) is 17.6. The van der Waals surface area contributed by atoms with Crippen LogP contribution in [0.5, 0.6) is 11.5 Å². The van der Waals surface area contributed by atoms with Crippen molar-refractivity contribution < 1.29 is 43.3 Å². The number of amides is 2. The van der Waals surface area contributed by atoms with Crippen LogP contribution in [0.2, 0.25) is 0 Å². The molecule has 6 aromatic rings. The number of phenols is 1. The molecule has 64 heavy (non-hydrogen) atoms. The van der Waals surface area contributed by atoms with Crippen molar-refractivity contribution in [2.75, 3.05) is 39.3 Å². The maximum Gasteiger partial charge on any atom is 0.408 e. The number of piperidine rings is 3. The Morgan fingerprint density at radius 2 is 1.72 bits per heavy atom. The Morgan fingerprint density at radius 3 is 2.50 bits per heavy atom. The van der Waals surface area contributed by atoms with Gasteiger partial charge in [-0.15, -0.1) is 0 Å². The number of ether oxygens (including phenoxy) is 3. The third-order valence-electron chi connectivity index (χ3n) is 11.6. The van der Waals surface area contributed by atoms with Gasteiger partial charge >= 0.3 is 12.1 Å². The van der Waals surface area contributed by atoms with Gasteiger partial charge in [0.1, 0.15) is 24.2 Å². The van der Waals surface area contributed by atoms with Crippen LogP contribution in [-0.2, 0) is 22.6 Å². The van der Waals surface area contributed by atoms with E-state index in [9.17, 15) is 29.4 Å². The number of nitrogens with zero attached hydrogens (tertiary/aromatic N) is 2. The molecule has 332 valence electrons. The molecular formula is C48H50N6O10. The molecule has 3 fully saturated rings. The van der Waals surface area contributed by atoms with Crippen LogP contribution in [-0.4, -0.2) is 88.7 Å².